The van der Waals surface area contributed by atoms with Gasteiger partial charge in [0.2, 0.25) is 0 Å². The summed E-state index contributed by atoms with van der Waals surface area (Å²) in [6.45, 7) is 13.3. The highest BCUT2D eigenvalue weighted by molar-refractivity contribution is 5.85. The minimum atomic E-state index is -0.386. The van der Waals surface area contributed by atoms with Crippen molar-refractivity contribution in [2.24, 2.45) is 11.3 Å². The van der Waals surface area contributed by atoms with E-state index in [4.69, 9.17) is 0 Å². The van der Waals surface area contributed by atoms with Crippen LogP contribution in [0.15, 0.2) is 24.3 Å². The zero-order chi connectivity index (χ0) is 19.4. The number of rotatable bonds is 5. The highest BCUT2D eigenvalue weighted by Gasteiger charge is 2.33. The highest BCUT2D eigenvalue weighted by Crippen LogP contribution is 2.45. The fraction of sp³-hybridized carbons (Fsp3) is 0.750. The fourth-order valence-electron chi connectivity index (χ4n) is 5.05. The molecule has 0 radical (unpaired) electrons. The molecule has 0 bridgehead atoms. The molecular formula is C24H41ClN2O. The van der Waals surface area contributed by atoms with Crippen molar-refractivity contribution >= 4 is 18.1 Å². The summed E-state index contributed by atoms with van der Waals surface area (Å²) in [7, 11) is 0. The Morgan fingerprint density at radius 3 is 2.32 bits per heavy atom. The molecule has 0 aromatic heterocycles. The number of halogens is 1. The predicted octanol–water partition coefficient (Wildman–Crippen LogP) is 5.67. The Kier molecular flexibility index (Phi) is 8.66. The summed E-state index contributed by atoms with van der Waals surface area (Å²) < 4.78 is 0. The molecule has 1 saturated carbocycles. The molecule has 1 aromatic rings. The van der Waals surface area contributed by atoms with Gasteiger partial charge in [0.15, 0.2) is 0 Å². The van der Waals surface area contributed by atoms with Crippen LogP contribution in [0.4, 0.5) is 5.69 Å². The summed E-state index contributed by atoms with van der Waals surface area (Å²) in [6.07, 6.45) is 7.28. The van der Waals surface area contributed by atoms with Gasteiger partial charge in [-0.2, -0.15) is 0 Å². The van der Waals surface area contributed by atoms with Crippen LogP contribution in [0.2, 0.25) is 0 Å². The maximum atomic E-state index is 10.8. The van der Waals surface area contributed by atoms with Gasteiger partial charge in [-0.3, -0.25) is 4.90 Å². The standard InChI is InChI=1S/C24H40N2O.ClH/c1-5-6-15-25-16-17-26(23(27)18-25)22-10-8-7-9-21(22)19-11-13-20(14-12-19)24(2,3)4;/h7-10,19-20,23,27H,5-6,11-18H2,1-4H3;1H. The molecule has 1 heterocycles. The summed E-state index contributed by atoms with van der Waals surface area (Å²) in [6, 6.07) is 8.86. The lowest BCUT2D eigenvalue weighted by Crippen LogP contribution is -2.53. The van der Waals surface area contributed by atoms with Gasteiger partial charge in [0.05, 0.1) is 0 Å². The minimum absolute atomic E-state index is 0. The molecule has 1 aromatic carbocycles. The minimum Gasteiger partial charge on any atom is -0.372 e. The number of para-hydroxylation sites is 1. The molecule has 28 heavy (non-hydrogen) atoms. The average molecular weight is 409 g/mol. The molecule has 1 atom stereocenters. The number of β-amino-alcohol motifs (C(OH)–C–C–N with tert-alkyl or cyclic N) is 1. The average Bonchev–Trinajstić information content (AvgIpc) is 2.66. The molecule has 1 saturated heterocycles. The van der Waals surface area contributed by atoms with Crippen molar-refractivity contribution in [3.8, 4) is 0 Å². The van der Waals surface area contributed by atoms with Crippen LogP contribution in [0.5, 0.6) is 0 Å². The van der Waals surface area contributed by atoms with Crippen molar-refractivity contribution in [3.05, 3.63) is 29.8 Å². The van der Waals surface area contributed by atoms with Crippen molar-refractivity contribution < 1.29 is 5.11 Å². The van der Waals surface area contributed by atoms with E-state index < -0.39 is 0 Å². The van der Waals surface area contributed by atoms with E-state index in [-0.39, 0.29) is 18.6 Å². The van der Waals surface area contributed by atoms with Gasteiger partial charge in [0.25, 0.3) is 0 Å². The Morgan fingerprint density at radius 2 is 1.71 bits per heavy atom. The van der Waals surface area contributed by atoms with Crippen molar-refractivity contribution in [1.82, 2.24) is 4.90 Å². The number of unbranched alkanes of at least 4 members (excludes halogenated alkanes) is 1. The van der Waals surface area contributed by atoms with Crippen LogP contribution in [-0.4, -0.2) is 42.4 Å². The molecule has 0 amide bonds. The third-order valence-electron chi connectivity index (χ3n) is 6.90. The summed E-state index contributed by atoms with van der Waals surface area (Å²) >= 11 is 0. The summed E-state index contributed by atoms with van der Waals surface area (Å²) in [4.78, 5) is 4.68. The van der Waals surface area contributed by atoms with Crippen LogP contribution >= 0.6 is 12.4 Å². The van der Waals surface area contributed by atoms with Gasteiger partial charge in [0, 0.05) is 25.3 Å². The van der Waals surface area contributed by atoms with E-state index in [0.29, 0.717) is 11.3 Å². The topological polar surface area (TPSA) is 26.7 Å². The van der Waals surface area contributed by atoms with Crippen molar-refractivity contribution in [1.29, 1.82) is 0 Å². The Labute approximate surface area is 178 Å². The molecule has 1 unspecified atom stereocenters. The Bertz CT molecular complexity index is 593. The van der Waals surface area contributed by atoms with Gasteiger partial charge in [0.1, 0.15) is 6.23 Å². The maximum Gasteiger partial charge on any atom is 0.139 e. The first-order valence-corrected chi connectivity index (χ1v) is 11.2. The smallest absolute Gasteiger partial charge is 0.139 e. The number of hydrogen-bond donors (Lipinski definition) is 1. The Balaban J connectivity index is 0.00000280. The number of anilines is 1. The van der Waals surface area contributed by atoms with Gasteiger partial charge < -0.3 is 10.0 Å². The quantitative estimate of drug-likeness (QED) is 0.679. The van der Waals surface area contributed by atoms with Crippen LogP contribution < -0.4 is 4.90 Å². The molecular weight excluding hydrogens is 368 g/mol. The van der Waals surface area contributed by atoms with Crippen molar-refractivity contribution in [3.63, 3.8) is 0 Å². The SMILES string of the molecule is CCCCN1CCN(c2ccccc2C2CCC(C(C)(C)C)CC2)C(O)C1.Cl. The number of benzene rings is 1. The molecule has 2 aliphatic rings. The highest BCUT2D eigenvalue weighted by atomic mass is 35.5. The number of nitrogens with zero attached hydrogens (tertiary/aromatic N) is 2. The molecule has 3 nitrogen and oxygen atoms in total. The molecule has 1 N–H and O–H groups in total. The van der Waals surface area contributed by atoms with Crippen molar-refractivity contribution in [2.45, 2.75) is 78.4 Å². The van der Waals surface area contributed by atoms with Gasteiger partial charge in [-0.25, -0.2) is 0 Å². The second-order valence-electron chi connectivity index (χ2n) is 9.80. The Morgan fingerprint density at radius 1 is 1.04 bits per heavy atom. The lowest BCUT2D eigenvalue weighted by molar-refractivity contribution is 0.0808. The first-order chi connectivity index (χ1) is 12.9. The van der Waals surface area contributed by atoms with E-state index in [1.54, 1.807) is 0 Å². The maximum absolute atomic E-state index is 10.8. The van der Waals surface area contributed by atoms with Crippen LogP contribution in [0.1, 0.15) is 77.7 Å². The number of aliphatic hydroxyl groups excluding tert-OH is 1. The summed E-state index contributed by atoms with van der Waals surface area (Å²) in [5, 5.41) is 10.8. The summed E-state index contributed by atoms with van der Waals surface area (Å²) in [5.41, 5.74) is 3.17. The third-order valence-corrected chi connectivity index (χ3v) is 6.90. The van der Waals surface area contributed by atoms with E-state index >= 15 is 0 Å². The number of hydrogen-bond acceptors (Lipinski definition) is 3. The van der Waals surface area contributed by atoms with Crippen LogP contribution in [0.3, 0.4) is 0 Å². The zero-order valence-corrected chi connectivity index (χ0v) is 19.2. The van der Waals surface area contributed by atoms with Crippen LogP contribution in [0, 0.1) is 11.3 Å². The van der Waals surface area contributed by atoms with E-state index in [9.17, 15) is 5.11 Å². The number of piperazine rings is 1. The number of aliphatic hydroxyl groups is 1. The largest absolute Gasteiger partial charge is 0.372 e. The molecule has 1 aliphatic carbocycles. The monoisotopic (exact) mass is 408 g/mol. The van der Waals surface area contributed by atoms with Crippen LogP contribution in [0.25, 0.3) is 0 Å². The molecule has 1 aliphatic heterocycles. The van der Waals surface area contributed by atoms with E-state index in [1.165, 1.54) is 49.8 Å². The lowest BCUT2D eigenvalue weighted by Gasteiger charge is -2.42. The second-order valence-corrected chi connectivity index (χ2v) is 9.80. The molecule has 4 heteroatoms. The first-order valence-electron chi connectivity index (χ1n) is 11.2. The van der Waals surface area contributed by atoms with Gasteiger partial charge in [-0.1, -0.05) is 52.3 Å². The van der Waals surface area contributed by atoms with E-state index in [2.05, 4.69) is 61.8 Å². The van der Waals surface area contributed by atoms with Crippen molar-refractivity contribution in [2.75, 3.05) is 31.1 Å². The van der Waals surface area contributed by atoms with Gasteiger partial charge in [-0.05, 0) is 67.5 Å². The van der Waals surface area contributed by atoms with Crippen LogP contribution in [-0.2, 0) is 0 Å². The first kappa shape index (κ1) is 23.5. The predicted molar refractivity (Wildman–Crippen MR) is 123 cm³/mol. The zero-order valence-electron chi connectivity index (χ0n) is 18.4. The Hall–Kier alpha value is -0.770. The van der Waals surface area contributed by atoms with E-state index in [0.717, 1.165) is 32.1 Å². The summed E-state index contributed by atoms with van der Waals surface area (Å²) in [5.74, 6) is 1.48. The fourth-order valence-corrected chi connectivity index (χ4v) is 5.05. The molecule has 3 rings (SSSR count). The molecule has 0 spiro atoms. The third kappa shape index (κ3) is 5.64. The normalized spacial score (nSPS) is 26.8. The molecule has 2 fully saturated rings. The lowest BCUT2D eigenvalue weighted by atomic mass is 9.68. The van der Waals surface area contributed by atoms with Gasteiger partial charge >= 0.3 is 0 Å². The van der Waals surface area contributed by atoms with Gasteiger partial charge in [-0.15, -0.1) is 12.4 Å². The molecule has 160 valence electrons. The second kappa shape index (κ2) is 10.3. The van der Waals surface area contributed by atoms with E-state index in [1.807, 2.05) is 0 Å².